The van der Waals surface area contributed by atoms with Crippen LogP contribution < -0.4 is 5.32 Å². The molecule has 0 spiro atoms. The van der Waals surface area contributed by atoms with Crippen LogP contribution in [0, 0.1) is 0 Å². The van der Waals surface area contributed by atoms with Gasteiger partial charge in [0.25, 0.3) is 5.91 Å². The Morgan fingerprint density at radius 2 is 2.26 bits per heavy atom. The van der Waals surface area contributed by atoms with Crippen LogP contribution in [0.3, 0.4) is 0 Å². The molecule has 1 aromatic heterocycles. The maximum atomic E-state index is 11.9. The molecular weight excluding hydrogens is 238 g/mol. The molecule has 3 rings (SSSR count). The molecule has 2 aromatic rings. The van der Waals surface area contributed by atoms with Crippen molar-refractivity contribution in [1.82, 2.24) is 14.9 Å². The van der Waals surface area contributed by atoms with Gasteiger partial charge in [0.1, 0.15) is 5.69 Å². The molecule has 1 atom stereocenters. The van der Waals surface area contributed by atoms with Gasteiger partial charge < -0.3 is 9.88 Å². The highest BCUT2D eigenvalue weighted by molar-refractivity contribution is 5.92. The second kappa shape index (κ2) is 4.88. The van der Waals surface area contributed by atoms with Crippen molar-refractivity contribution < 1.29 is 4.79 Å². The number of nitrogens with one attached hydrogen (secondary N) is 1. The van der Waals surface area contributed by atoms with E-state index in [4.69, 9.17) is 0 Å². The standard InChI is InChI=1S/C15H17N3O/c1-16-15(19)14-9-17-10-18(14)13-8-4-6-11-5-2-3-7-12(11)13/h2-3,5,7,9-10,13H,4,6,8H2,1H3,(H,16,19). The highest BCUT2D eigenvalue weighted by Crippen LogP contribution is 2.33. The van der Waals surface area contributed by atoms with E-state index in [1.54, 1.807) is 19.6 Å². The van der Waals surface area contributed by atoms with Crippen LogP contribution in [-0.2, 0) is 6.42 Å². The smallest absolute Gasteiger partial charge is 0.269 e. The Morgan fingerprint density at radius 3 is 3.11 bits per heavy atom. The summed E-state index contributed by atoms with van der Waals surface area (Å²) in [7, 11) is 1.65. The maximum Gasteiger partial charge on any atom is 0.269 e. The predicted octanol–water partition coefficient (Wildman–Crippen LogP) is 2.17. The first-order chi connectivity index (χ1) is 9.31. The molecule has 1 unspecified atom stereocenters. The lowest BCUT2D eigenvalue weighted by Crippen LogP contribution is -2.25. The maximum absolute atomic E-state index is 11.9. The molecule has 0 saturated heterocycles. The minimum Gasteiger partial charge on any atom is -0.354 e. The van der Waals surface area contributed by atoms with Crippen molar-refractivity contribution in [3.8, 4) is 0 Å². The van der Waals surface area contributed by atoms with Crippen molar-refractivity contribution in [1.29, 1.82) is 0 Å². The minimum absolute atomic E-state index is 0.0828. The second-order valence-electron chi connectivity index (χ2n) is 4.87. The zero-order valence-corrected chi connectivity index (χ0v) is 11.0. The van der Waals surface area contributed by atoms with Gasteiger partial charge in [-0.25, -0.2) is 4.98 Å². The van der Waals surface area contributed by atoms with Crippen LogP contribution in [0.2, 0.25) is 0 Å². The normalized spacial score (nSPS) is 17.8. The third-order valence-electron chi connectivity index (χ3n) is 3.80. The summed E-state index contributed by atoms with van der Waals surface area (Å²) in [4.78, 5) is 16.0. The topological polar surface area (TPSA) is 46.9 Å². The third kappa shape index (κ3) is 2.03. The van der Waals surface area contributed by atoms with Crippen molar-refractivity contribution in [3.63, 3.8) is 0 Å². The van der Waals surface area contributed by atoms with Crippen molar-refractivity contribution in [2.24, 2.45) is 0 Å². The summed E-state index contributed by atoms with van der Waals surface area (Å²) in [6.07, 6.45) is 6.72. The Kier molecular flexibility index (Phi) is 3.07. The van der Waals surface area contributed by atoms with Gasteiger partial charge in [-0.15, -0.1) is 0 Å². The van der Waals surface area contributed by atoms with Crippen LogP contribution in [0.1, 0.15) is 40.5 Å². The van der Waals surface area contributed by atoms with Gasteiger partial charge in [0, 0.05) is 7.05 Å². The molecule has 0 bridgehead atoms. The first-order valence-electron chi connectivity index (χ1n) is 6.63. The molecule has 1 aliphatic carbocycles. The first-order valence-corrected chi connectivity index (χ1v) is 6.63. The van der Waals surface area contributed by atoms with Crippen molar-refractivity contribution in [3.05, 3.63) is 53.6 Å². The first kappa shape index (κ1) is 12.0. The number of hydrogen-bond acceptors (Lipinski definition) is 2. The molecule has 0 saturated carbocycles. The summed E-state index contributed by atoms with van der Waals surface area (Å²) < 4.78 is 2.00. The molecule has 19 heavy (non-hydrogen) atoms. The molecule has 1 amide bonds. The second-order valence-corrected chi connectivity index (χ2v) is 4.87. The summed E-state index contributed by atoms with van der Waals surface area (Å²) in [5, 5.41) is 2.67. The molecule has 0 aliphatic heterocycles. The van der Waals surface area contributed by atoms with E-state index in [0.29, 0.717) is 5.69 Å². The number of rotatable bonds is 2. The van der Waals surface area contributed by atoms with Gasteiger partial charge in [0.15, 0.2) is 0 Å². The van der Waals surface area contributed by atoms with Crippen LogP contribution in [-0.4, -0.2) is 22.5 Å². The Bertz CT molecular complexity index is 603. The van der Waals surface area contributed by atoms with Gasteiger partial charge in [0.05, 0.1) is 18.6 Å². The molecule has 1 N–H and O–H groups in total. The van der Waals surface area contributed by atoms with Crippen LogP contribution in [0.25, 0.3) is 0 Å². The van der Waals surface area contributed by atoms with E-state index in [0.717, 1.165) is 19.3 Å². The van der Waals surface area contributed by atoms with Crippen LogP contribution in [0.4, 0.5) is 0 Å². The highest BCUT2D eigenvalue weighted by atomic mass is 16.1. The predicted molar refractivity (Wildman–Crippen MR) is 73.1 cm³/mol. The van der Waals surface area contributed by atoms with E-state index in [1.165, 1.54) is 11.1 Å². The van der Waals surface area contributed by atoms with Crippen LogP contribution >= 0.6 is 0 Å². The molecule has 4 heteroatoms. The van der Waals surface area contributed by atoms with Crippen LogP contribution in [0.15, 0.2) is 36.8 Å². The average molecular weight is 255 g/mol. The fraction of sp³-hybridized carbons (Fsp3) is 0.333. The Morgan fingerprint density at radius 1 is 1.42 bits per heavy atom. The SMILES string of the molecule is CNC(=O)c1cncn1C1CCCc2ccccc21. The van der Waals surface area contributed by atoms with Crippen molar-refractivity contribution >= 4 is 5.91 Å². The Balaban J connectivity index is 2.05. The third-order valence-corrected chi connectivity index (χ3v) is 3.80. The lowest BCUT2D eigenvalue weighted by molar-refractivity contribution is 0.0952. The number of nitrogens with zero attached hydrogens (tertiary/aromatic N) is 2. The average Bonchev–Trinajstić information content (AvgIpc) is 2.95. The minimum atomic E-state index is -0.0828. The summed E-state index contributed by atoms with van der Waals surface area (Å²) in [5.41, 5.74) is 3.33. The zero-order chi connectivity index (χ0) is 13.2. The lowest BCUT2D eigenvalue weighted by Gasteiger charge is -2.27. The number of amides is 1. The molecular formula is C15H17N3O. The zero-order valence-electron chi connectivity index (χ0n) is 11.0. The van der Waals surface area contributed by atoms with E-state index in [-0.39, 0.29) is 11.9 Å². The van der Waals surface area contributed by atoms with Gasteiger partial charge in [0.2, 0.25) is 0 Å². The lowest BCUT2D eigenvalue weighted by atomic mass is 9.87. The van der Waals surface area contributed by atoms with E-state index in [2.05, 4.69) is 34.6 Å². The van der Waals surface area contributed by atoms with E-state index < -0.39 is 0 Å². The fourth-order valence-corrected chi connectivity index (χ4v) is 2.87. The van der Waals surface area contributed by atoms with Gasteiger partial charge in [-0.1, -0.05) is 24.3 Å². The number of hydrogen-bond donors (Lipinski definition) is 1. The number of fused-ring (bicyclic) bond motifs is 1. The van der Waals surface area contributed by atoms with Gasteiger partial charge in [-0.3, -0.25) is 4.79 Å². The van der Waals surface area contributed by atoms with Gasteiger partial charge in [-0.2, -0.15) is 0 Å². The molecule has 1 heterocycles. The number of aromatic nitrogens is 2. The Labute approximate surface area is 112 Å². The summed E-state index contributed by atoms with van der Waals surface area (Å²) >= 11 is 0. The highest BCUT2D eigenvalue weighted by Gasteiger charge is 2.24. The number of carbonyl (C=O) groups excluding carboxylic acids is 1. The van der Waals surface area contributed by atoms with Gasteiger partial charge in [-0.05, 0) is 30.4 Å². The fourth-order valence-electron chi connectivity index (χ4n) is 2.87. The van der Waals surface area contributed by atoms with Crippen molar-refractivity contribution in [2.75, 3.05) is 7.05 Å². The molecule has 0 fully saturated rings. The summed E-state index contributed by atoms with van der Waals surface area (Å²) in [6.45, 7) is 0. The quantitative estimate of drug-likeness (QED) is 0.894. The number of aryl methyl sites for hydroxylation is 1. The molecule has 0 radical (unpaired) electrons. The molecule has 1 aliphatic rings. The van der Waals surface area contributed by atoms with E-state index >= 15 is 0 Å². The van der Waals surface area contributed by atoms with Crippen molar-refractivity contribution in [2.45, 2.75) is 25.3 Å². The molecule has 98 valence electrons. The van der Waals surface area contributed by atoms with Crippen LogP contribution in [0.5, 0.6) is 0 Å². The summed E-state index contributed by atoms with van der Waals surface area (Å²) in [5.74, 6) is -0.0828. The molecule has 4 nitrogen and oxygen atoms in total. The number of carbonyl (C=O) groups is 1. The number of imidazole rings is 1. The largest absolute Gasteiger partial charge is 0.354 e. The monoisotopic (exact) mass is 255 g/mol. The Hall–Kier alpha value is -2.10. The summed E-state index contributed by atoms with van der Waals surface area (Å²) in [6, 6.07) is 8.70. The molecule has 1 aromatic carbocycles. The van der Waals surface area contributed by atoms with Gasteiger partial charge >= 0.3 is 0 Å². The number of benzene rings is 1. The van der Waals surface area contributed by atoms with E-state index in [1.807, 2.05) is 4.57 Å². The van der Waals surface area contributed by atoms with E-state index in [9.17, 15) is 4.79 Å².